The molecule has 0 spiro atoms. The fourth-order valence-electron chi connectivity index (χ4n) is 0.265. The molecule has 0 bridgehead atoms. The van der Waals surface area contributed by atoms with E-state index in [-0.39, 0.29) is 5.54 Å². The first-order valence-corrected chi connectivity index (χ1v) is 3.00. The van der Waals surface area contributed by atoms with Gasteiger partial charge in [0.1, 0.15) is 6.23 Å². The molecule has 0 aliphatic heterocycles. The number of aliphatic hydroxyl groups is 1. The van der Waals surface area contributed by atoms with Crippen LogP contribution in [0.15, 0.2) is 0 Å². The largest absolute Gasteiger partial charge is 0.377 e. The molecular formula is C6H16N2O. The van der Waals surface area contributed by atoms with Crippen molar-refractivity contribution >= 4 is 0 Å². The Morgan fingerprint density at radius 1 is 1.44 bits per heavy atom. The Bertz CT molecular complexity index is 79.1. The van der Waals surface area contributed by atoms with Crippen molar-refractivity contribution in [2.45, 2.75) is 25.6 Å². The summed E-state index contributed by atoms with van der Waals surface area (Å²) < 4.78 is 0. The molecule has 0 saturated heterocycles. The lowest BCUT2D eigenvalue weighted by Crippen LogP contribution is -2.52. The molecule has 0 aliphatic rings. The van der Waals surface area contributed by atoms with E-state index in [1.54, 1.807) is 0 Å². The summed E-state index contributed by atoms with van der Waals surface area (Å²) in [6.07, 6.45) is -0.785. The molecule has 56 valence electrons. The summed E-state index contributed by atoms with van der Waals surface area (Å²) in [6, 6.07) is 0. The summed E-state index contributed by atoms with van der Waals surface area (Å²) in [4.78, 5) is 1.89. The van der Waals surface area contributed by atoms with Crippen molar-refractivity contribution in [3.05, 3.63) is 0 Å². The van der Waals surface area contributed by atoms with Gasteiger partial charge in [0.05, 0.1) is 5.54 Å². The van der Waals surface area contributed by atoms with Crippen LogP contribution in [0.1, 0.15) is 13.8 Å². The first kappa shape index (κ1) is 8.88. The van der Waals surface area contributed by atoms with Crippen molar-refractivity contribution in [3.8, 4) is 0 Å². The minimum atomic E-state index is -0.785. The smallest absolute Gasteiger partial charge is 0.120 e. The highest BCUT2D eigenvalue weighted by Gasteiger charge is 2.26. The zero-order valence-electron chi connectivity index (χ0n) is 6.55. The molecule has 0 aromatic carbocycles. The molecule has 3 N–H and O–H groups in total. The molecule has 0 rings (SSSR count). The summed E-state index contributed by atoms with van der Waals surface area (Å²) in [5, 5.41) is 8.99. The molecule has 0 aliphatic carbocycles. The maximum Gasteiger partial charge on any atom is 0.120 e. The van der Waals surface area contributed by atoms with Crippen LogP contribution in [0, 0.1) is 0 Å². The van der Waals surface area contributed by atoms with Crippen LogP contribution in [0.3, 0.4) is 0 Å². The average molecular weight is 132 g/mol. The van der Waals surface area contributed by atoms with Gasteiger partial charge in [0.2, 0.25) is 0 Å². The summed E-state index contributed by atoms with van der Waals surface area (Å²) in [6.45, 7) is 3.77. The van der Waals surface area contributed by atoms with E-state index in [4.69, 9.17) is 10.8 Å². The van der Waals surface area contributed by atoms with Crippen LogP contribution >= 0.6 is 0 Å². The first-order valence-electron chi connectivity index (χ1n) is 3.00. The fraction of sp³-hybridized carbons (Fsp3) is 1.00. The van der Waals surface area contributed by atoms with Gasteiger partial charge in [0, 0.05) is 0 Å². The van der Waals surface area contributed by atoms with Gasteiger partial charge in [-0.15, -0.1) is 0 Å². The third-order valence-corrected chi connectivity index (χ3v) is 1.88. The minimum Gasteiger partial charge on any atom is -0.377 e. The topological polar surface area (TPSA) is 49.5 Å². The summed E-state index contributed by atoms with van der Waals surface area (Å²) >= 11 is 0. The summed E-state index contributed by atoms with van der Waals surface area (Å²) in [7, 11) is 3.77. The van der Waals surface area contributed by atoms with Gasteiger partial charge < -0.3 is 15.7 Å². The molecule has 0 amide bonds. The molecular weight excluding hydrogens is 116 g/mol. The van der Waals surface area contributed by atoms with E-state index in [1.165, 1.54) is 0 Å². The molecule has 1 atom stereocenters. The van der Waals surface area contributed by atoms with Gasteiger partial charge in [0.15, 0.2) is 0 Å². The number of likely N-dealkylation sites (N-methyl/N-ethyl adjacent to an activating group) is 1. The number of hydrogen-bond acceptors (Lipinski definition) is 3. The van der Waals surface area contributed by atoms with Crippen LogP contribution in [-0.2, 0) is 0 Å². The molecule has 0 radical (unpaired) electrons. The Morgan fingerprint density at radius 3 is 1.78 bits per heavy atom. The molecule has 3 heteroatoms. The predicted molar refractivity (Wildman–Crippen MR) is 38.0 cm³/mol. The van der Waals surface area contributed by atoms with Gasteiger partial charge in [-0.1, -0.05) is 0 Å². The molecule has 3 nitrogen and oxygen atoms in total. The van der Waals surface area contributed by atoms with Crippen LogP contribution in [0.4, 0.5) is 0 Å². The van der Waals surface area contributed by atoms with Gasteiger partial charge >= 0.3 is 0 Å². The zero-order valence-corrected chi connectivity index (χ0v) is 6.55. The van der Waals surface area contributed by atoms with E-state index in [1.807, 2.05) is 32.8 Å². The van der Waals surface area contributed by atoms with E-state index in [0.29, 0.717) is 0 Å². The van der Waals surface area contributed by atoms with Crippen LogP contribution in [0.5, 0.6) is 0 Å². The molecule has 0 fully saturated rings. The van der Waals surface area contributed by atoms with Crippen molar-refractivity contribution in [1.82, 2.24) is 4.90 Å². The molecule has 0 aromatic rings. The maximum atomic E-state index is 8.99. The highest BCUT2D eigenvalue weighted by Crippen LogP contribution is 2.10. The van der Waals surface area contributed by atoms with Gasteiger partial charge in [-0.2, -0.15) is 0 Å². The summed E-state index contributed by atoms with van der Waals surface area (Å²) in [5.41, 5.74) is 4.95. The van der Waals surface area contributed by atoms with Crippen LogP contribution < -0.4 is 5.73 Å². The van der Waals surface area contributed by atoms with E-state index in [2.05, 4.69) is 0 Å². The first-order chi connectivity index (χ1) is 3.89. The average Bonchev–Trinajstić information content (AvgIpc) is 1.65. The number of nitrogens with zero attached hydrogens (tertiary/aromatic N) is 1. The SMILES string of the molecule is CN(C)C(C)(C)C(N)O. The highest BCUT2D eigenvalue weighted by molar-refractivity contribution is 4.81. The van der Waals surface area contributed by atoms with Crippen LogP contribution in [-0.4, -0.2) is 35.9 Å². The van der Waals surface area contributed by atoms with E-state index in [9.17, 15) is 0 Å². The third kappa shape index (κ3) is 1.93. The Labute approximate surface area is 56.5 Å². The lowest BCUT2D eigenvalue weighted by Gasteiger charge is -2.34. The monoisotopic (exact) mass is 132 g/mol. The second-order valence-corrected chi connectivity index (χ2v) is 2.99. The van der Waals surface area contributed by atoms with E-state index >= 15 is 0 Å². The van der Waals surface area contributed by atoms with E-state index in [0.717, 1.165) is 0 Å². The lowest BCUT2D eigenvalue weighted by atomic mass is 10.0. The van der Waals surface area contributed by atoms with Crippen molar-refractivity contribution < 1.29 is 5.11 Å². The second-order valence-electron chi connectivity index (χ2n) is 2.99. The van der Waals surface area contributed by atoms with Crippen molar-refractivity contribution in [2.75, 3.05) is 14.1 Å². The summed E-state index contributed by atoms with van der Waals surface area (Å²) in [5.74, 6) is 0. The minimum absolute atomic E-state index is 0.333. The van der Waals surface area contributed by atoms with Gasteiger partial charge in [-0.05, 0) is 27.9 Å². The predicted octanol–water partition coefficient (Wildman–Crippen LogP) is -0.396. The highest BCUT2D eigenvalue weighted by atomic mass is 16.3. The number of hydrogen-bond donors (Lipinski definition) is 2. The molecule has 9 heavy (non-hydrogen) atoms. The Morgan fingerprint density at radius 2 is 1.78 bits per heavy atom. The van der Waals surface area contributed by atoms with Gasteiger partial charge in [-0.25, -0.2) is 0 Å². The number of nitrogens with two attached hydrogens (primary N) is 1. The lowest BCUT2D eigenvalue weighted by molar-refractivity contribution is 0.0223. The van der Waals surface area contributed by atoms with Crippen LogP contribution in [0.2, 0.25) is 0 Å². The van der Waals surface area contributed by atoms with Gasteiger partial charge in [0.25, 0.3) is 0 Å². The van der Waals surface area contributed by atoms with Crippen molar-refractivity contribution in [1.29, 1.82) is 0 Å². The van der Waals surface area contributed by atoms with Crippen molar-refractivity contribution in [3.63, 3.8) is 0 Å². The molecule has 0 saturated carbocycles. The van der Waals surface area contributed by atoms with E-state index < -0.39 is 6.23 Å². The zero-order chi connectivity index (χ0) is 7.65. The number of rotatable bonds is 2. The molecule has 1 unspecified atom stereocenters. The Kier molecular flexibility index (Phi) is 2.61. The Balaban J connectivity index is 4.01. The standard InChI is InChI=1S/C6H16N2O/c1-6(2,5(7)9)8(3)4/h5,9H,7H2,1-4H3. The molecule has 0 heterocycles. The molecule has 0 aromatic heterocycles. The van der Waals surface area contributed by atoms with Crippen molar-refractivity contribution in [2.24, 2.45) is 5.73 Å². The van der Waals surface area contributed by atoms with Crippen LogP contribution in [0.25, 0.3) is 0 Å². The maximum absolute atomic E-state index is 8.99. The second kappa shape index (κ2) is 2.64. The normalized spacial score (nSPS) is 16.3. The number of aliphatic hydroxyl groups excluding tert-OH is 1. The quantitative estimate of drug-likeness (QED) is 0.503. The Hall–Kier alpha value is -0.120. The van der Waals surface area contributed by atoms with Gasteiger partial charge in [-0.3, -0.25) is 0 Å². The third-order valence-electron chi connectivity index (χ3n) is 1.88. The fourth-order valence-corrected chi connectivity index (χ4v) is 0.265.